The lowest BCUT2D eigenvalue weighted by Gasteiger charge is -2.24. The summed E-state index contributed by atoms with van der Waals surface area (Å²) < 4.78 is 0. The standard InChI is InChI=1S/C22H22ClN3O3/c1-2-12-24-21(28)19-7-4-13-26(19)22(29)15-8-10-18(11-9-15)25-20(27)16-5-3-6-17(23)14-16/h2-3,5-6,8-11,14,19H,1,4,7,12-13H2,(H,24,28)(H,25,27)/t19-/m1/s1. The molecule has 1 aliphatic rings. The van der Waals surface area contributed by atoms with E-state index in [-0.39, 0.29) is 17.7 Å². The zero-order valence-corrected chi connectivity index (χ0v) is 16.6. The third-order valence-corrected chi connectivity index (χ3v) is 4.95. The lowest BCUT2D eigenvalue weighted by Crippen LogP contribution is -2.46. The van der Waals surface area contributed by atoms with Gasteiger partial charge in [-0.05, 0) is 55.3 Å². The van der Waals surface area contributed by atoms with E-state index in [1.54, 1.807) is 59.5 Å². The smallest absolute Gasteiger partial charge is 0.255 e. The number of likely N-dealkylation sites (tertiary alicyclic amines) is 1. The maximum Gasteiger partial charge on any atom is 0.255 e. The van der Waals surface area contributed by atoms with Crippen LogP contribution in [0.3, 0.4) is 0 Å². The first-order chi connectivity index (χ1) is 14.0. The van der Waals surface area contributed by atoms with Crippen LogP contribution in [0.1, 0.15) is 33.6 Å². The normalized spacial score (nSPS) is 15.6. The molecule has 1 heterocycles. The molecule has 0 radical (unpaired) electrons. The van der Waals surface area contributed by atoms with Crippen molar-refractivity contribution in [3.63, 3.8) is 0 Å². The number of nitrogens with zero attached hydrogens (tertiary/aromatic N) is 1. The highest BCUT2D eigenvalue weighted by atomic mass is 35.5. The van der Waals surface area contributed by atoms with Crippen LogP contribution in [0.25, 0.3) is 0 Å². The van der Waals surface area contributed by atoms with Gasteiger partial charge in [-0.3, -0.25) is 14.4 Å². The van der Waals surface area contributed by atoms with Gasteiger partial charge in [-0.15, -0.1) is 6.58 Å². The maximum atomic E-state index is 12.9. The minimum atomic E-state index is -0.468. The van der Waals surface area contributed by atoms with Crippen LogP contribution in [0.15, 0.2) is 61.2 Å². The molecule has 3 amide bonds. The number of carbonyl (C=O) groups excluding carboxylic acids is 3. The average Bonchev–Trinajstić information content (AvgIpc) is 3.22. The topological polar surface area (TPSA) is 78.5 Å². The number of hydrogen-bond donors (Lipinski definition) is 2. The number of amides is 3. The summed E-state index contributed by atoms with van der Waals surface area (Å²) in [6.45, 7) is 4.49. The van der Waals surface area contributed by atoms with E-state index in [0.29, 0.717) is 41.3 Å². The van der Waals surface area contributed by atoms with Gasteiger partial charge in [0.2, 0.25) is 5.91 Å². The van der Waals surface area contributed by atoms with Crippen molar-refractivity contribution in [1.29, 1.82) is 0 Å². The van der Waals surface area contributed by atoms with Crippen molar-refractivity contribution >= 4 is 35.0 Å². The maximum absolute atomic E-state index is 12.9. The van der Waals surface area contributed by atoms with Gasteiger partial charge in [-0.1, -0.05) is 23.7 Å². The summed E-state index contributed by atoms with van der Waals surface area (Å²) in [7, 11) is 0. The molecule has 0 aromatic heterocycles. The highest BCUT2D eigenvalue weighted by molar-refractivity contribution is 6.31. The molecule has 7 heteroatoms. The summed E-state index contributed by atoms with van der Waals surface area (Å²) >= 11 is 5.92. The van der Waals surface area contributed by atoms with E-state index in [4.69, 9.17) is 11.6 Å². The number of carbonyl (C=O) groups is 3. The minimum absolute atomic E-state index is 0.166. The van der Waals surface area contributed by atoms with Crippen molar-refractivity contribution < 1.29 is 14.4 Å². The first-order valence-electron chi connectivity index (χ1n) is 9.36. The van der Waals surface area contributed by atoms with Crippen molar-refractivity contribution in [2.24, 2.45) is 0 Å². The van der Waals surface area contributed by atoms with Crippen LogP contribution in [-0.4, -0.2) is 41.8 Å². The summed E-state index contributed by atoms with van der Waals surface area (Å²) in [6, 6.07) is 12.8. The Morgan fingerprint density at radius 3 is 2.59 bits per heavy atom. The fraction of sp³-hybridized carbons (Fsp3) is 0.227. The highest BCUT2D eigenvalue weighted by Gasteiger charge is 2.34. The average molecular weight is 412 g/mol. The van der Waals surface area contributed by atoms with Crippen LogP contribution in [-0.2, 0) is 4.79 Å². The van der Waals surface area contributed by atoms with Crippen LogP contribution in [0, 0.1) is 0 Å². The molecule has 0 bridgehead atoms. The molecule has 1 saturated heterocycles. The molecular weight excluding hydrogens is 390 g/mol. The van der Waals surface area contributed by atoms with Gasteiger partial charge in [-0.25, -0.2) is 0 Å². The monoisotopic (exact) mass is 411 g/mol. The van der Waals surface area contributed by atoms with Gasteiger partial charge in [0.15, 0.2) is 0 Å². The minimum Gasteiger partial charge on any atom is -0.351 e. The number of rotatable bonds is 6. The van der Waals surface area contributed by atoms with Crippen LogP contribution >= 0.6 is 11.6 Å². The van der Waals surface area contributed by atoms with Crippen LogP contribution in [0.5, 0.6) is 0 Å². The predicted molar refractivity (Wildman–Crippen MR) is 113 cm³/mol. The van der Waals surface area contributed by atoms with Crippen molar-refractivity contribution in [3.05, 3.63) is 77.3 Å². The molecule has 1 aliphatic heterocycles. The van der Waals surface area contributed by atoms with E-state index in [2.05, 4.69) is 17.2 Å². The Hall–Kier alpha value is -3.12. The first kappa shape index (κ1) is 20.6. The number of benzene rings is 2. The van der Waals surface area contributed by atoms with Gasteiger partial charge in [0.05, 0.1) is 0 Å². The molecule has 6 nitrogen and oxygen atoms in total. The van der Waals surface area contributed by atoms with Crippen LogP contribution in [0.2, 0.25) is 5.02 Å². The van der Waals surface area contributed by atoms with Crippen molar-refractivity contribution in [3.8, 4) is 0 Å². The highest BCUT2D eigenvalue weighted by Crippen LogP contribution is 2.21. The second-order valence-corrected chi connectivity index (χ2v) is 7.17. The predicted octanol–water partition coefficient (Wildman–Crippen LogP) is 3.50. The zero-order valence-electron chi connectivity index (χ0n) is 15.9. The Kier molecular flexibility index (Phi) is 6.67. The zero-order chi connectivity index (χ0) is 20.8. The Morgan fingerprint density at radius 2 is 1.90 bits per heavy atom. The van der Waals surface area contributed by atoms with Gasteiger partial charge in [0.1, 0.15) is 6.04 Å². The van der Waals surface area contributed by atoms with E-state index in [1.165, 1.54) is 0 Å². The molecule has 2 aromatic carbocycles. The Bertz CT molecular complexity index is 927. The summed E-state index contributed by atoms with van der Waals surface area (Å²) in [5.41, 5.74) is 1.48. The summed E-state index contributed by atoms with van der Waals surface area (Å²) in [6.07, 6.45) is 3.03. The molecule has 2 aromatic rings. The molecule has 0 spiro atoms. The van der Waals surface area contributed by atoms with Crippen molar-refractivity contribution in [1.82, 2.24) is 10.2 Å². The molecule has 3 rings (SSSR count). The molecule has 150 valence electrons. The van der Waals surface area contributed by atoms with Gasteiger partial charge >= 0.3 is 0 Å². The van der Waals surface area contributed by atoms with Crippen molar-refractivity contribution in [2.75, 3.05) is 18.4 Å². The lowest BCUT2D eigenvalue weighted by molar-refractivity contribution is -0.124. The molecule has 0 unspecified atom stereocenters. The lowest BCUT2D eigenvalue weighted by atomic mass is 10.1. The molecule has 0 aliphatic carbocycles. The Labute approximate surface area is 174 Å². The van der Waals surface area contributed by atoms with Crippen molar-refractivity contribution in [2.45, 2.75) is 18.9 Å². The number of hydrogen-bond acceptors (Lipinski definition) is 3. The van der Waals surface area contributed by atoms with E-state index in [0.717, 1.165) is 6.42 Å². The molecule has 0 saturated carbocycles. The third-order valence-electron chi connectivity index (χ3n) is 4.71. The van der Waals surface area contributed by atoms with Gasteiger partial charge in [0.25, 0.3) is 11.8 Å². The molecule has 29 heavy (non-hydrogen) atoms. The van der Waals surface area contributed by atoms with Gasteiger partial charge in [0, 0.05) is 34.9 Å². The molecule has 1 atom stereocenters. The molecule has 2 N–H and O–H groups in total. The van der Waals surface area contributed by atoms with Crippen LogP contribution < -0.4 is 10.6 Å². The quantitative estimate of drug-likeness (QED) is 0.714. The van der Waals surface area contributed by atoms with E-state index in [9.17, 15) is 14.4 Å². The first-order valence-corrected chi connectivity index (χ1v) is 9.74. The number of anilines is 1. The fourth-order valence-corrected chi connectivity index (χ4v) is 3.46. The molecular formula is C22H22ClN3O3. The van der Waals surface area contributed by atoms with Gasteiger partial charge in [-0.2, -0.15) is 0 Å². The SMILES string of the molecule is C=CCNC(=O)[C@H]1CCCN1C(=O)c1ccc(NC(=O)c2cccc(Cl)c2)cc1. The van der Waals surface area contributed by atoms with Gasteiger partial charge < -0.3 is 15.5 Å². The number of nitrogens with one attached hydrogen (secondary N) is 2. The summed E-state index contributed by atoms with van der Waals surface area (Å²) in [4.78, 5) is 39.0. The molecule has 1 fully saturated rings. The summed E-state index contributed by atoms with van der Waals surface area (Å²) in [5.74, 6) is -0.653. The third kappa shape index (κ3) is 5.03. The number of halogens is 1. The second-order valence-electron chi connectivity index (χ2n) is 6.73. The Morgan fingerprint density at radius 1 is 1.14 bits per heavy atom. The van der Waals surface area contributed by atoms with Crippen LogP contribution in [0.4, 0.5) is 5.69 Å². The second kappa shape index (κ2) is 9.39. The Balaban J connectivity index is 1.66. The summed E-state index contributed by atoms with van der Waals surface area (Å²) in [5, 5.41) is 6.01. The van der Waals surface area contributed by atoms with E-state index >= 15 is 0 Å². The largest absolute Gasteiger partial charge is 0.351 e. The van der Waals surface area contributed by atoms with E-state index < -0.39 is 6.04 Å². The van der Waals surface area contributed by atoms with E-state index in [1.807, 2.05) is 0 Å². The fourth-order valence-electron chi connectivity index (χ4n) is 3.27.